The second-order valence-corrected chi connectivity index (χ2v) is 5.53. The molecule has 0 aliphatic rings. The van der Waals surface area contributed by atoms with E-state index in [-0.39, 0.29) is 6.04 Å². The third-order valence-corrected chi connectivity index (χ3v) is 3.93. The number of halogens is 1. The molecule has 1 atom stereocenters. The fourth-order valence-corrected chi connectivity index (χ4v) is 2.42. The fraction of sp³-hybridized carbons (Fsp3) is 0.294. The molecule has 2 rings (SSSR count). The molecule has 2 nitrogen and oxygen atoms in total. The lowest BCUT2D eigenvalue weighted by molar-refractivity contribution is 0.259. The maximum absolute atomic E-state index is 9.95. The zero-order chi connectivity index (χ0) is 14.5. The van der Waals surface area contributed by atoms with Crippen LogP contribution in [-0.4, -0.2) is 23.6 Å². The van der Waals surface area contributed by atoms with Crippen molar-refractivity contribution in [2.45, 2.75) is 19.4 Å². The highest BCUT2D eigenvalue weighted by atomic mass is 35.5. The van der Waals surface area contributed by atoms with E-state index in [1.54, 1.807) is 12.1 Å². The highest BCUT2D eigenvalue weighted by Crippen LogP contribution is 2.30. The smallest absolute Gasteiger partial charge is 0.120 e. The van der Waals surface area contributed by atoms with E-state index in [0.717, 1.165) is 18.5 Å². The van der Waals surface area contributed by atoms with Crippen molar-refractivity contribution in [3.63, 3.8) is 0 Å². The van der Waals surface area contributed by atoms with Crippen molar-refractivity contribution in [3.8, 4) is 5.75 Å². The molecule has 106 valence electrons. The molecule has 2 aromatic carbocycles. The van der Waals surface area contributed by atoms with Gasteiger partial charge in [-0.05, 0) is 44.2 Å². The molecule has 2 aromatic rings. The summed E-state index contributed by atoms with van der Waals surface area (Å²) in [6.07, 6.45) is 0.989. The Balaban J connectivity index is 2.01. The first-order valence-corrected chi connectivity index (χ1v) is 7.18. The number of phenols is 1. The second-order valence-electron chi connectivity index (χ2n) is 5.10. The van der Waals surface area contributed by atoms with Crippen molar-refractivity contribution in [2.75, 3.05) is 13.6 Å². The van der Waals surface area contributed by atoms with E-state index in [4.69, 9.17) is 11.6 Å². The molecule has 0 heterocycles. The maximum Gasteiger partial charge on any atom is 0.120 e. The first-order valence-electron chi connectivity index (χ1n) is 6.80. The topological polar surface area (TPSA) is 23.5 Å². The molecular weight excluding hydrogens is 270 g/mol. The van der Waals surface area contributed by atoms with Gasteiger partial charge in [-0.2, -0.15) is 0 Å². The van der Waals surface area contributed by atoms with Gasteiger partial charge < -0.3 is 5.11 Å². The van der Waals surface area contributed by atoms with Crippen molar-refractivity contribution in [1.82, 2.24) is 4.90 Å². The average molecular weight is 290 g/mol. The lowest BCUT2D eigenvalue weighted by Gasteiger charge is -2.25. The number of nitrogens with zero attached hydrogens (tertiary/aromatic N) is 1. The van der Waals surface area contributed by atoms with Gasteiger partial charge >= 0.3 is 0 Å². The van der Waals surface area contributed by atoms with Crippen LogP contribution in [0.3, 0.4) is 0 Å². The molecule has 1 N–H and O–H groups in total. The Morgan fingerprint density at radius 2 is 1.85 bits per heavy atom. The van der Waals surface area contributed by atoms with Crippen molar-refractivity contribution in [2.24, 2.45) is 0 Å². The Labute approximate surface area is 125 Å². The van der Waals surface area contributed by atoms with Gasteiger partial charge in [0.1, 0.15) is 5.75 Å². The van der Waals surface area contributed by atoms with Gasteiger partial charge in [-0.1, -0.05) is 41.9 Å². The van der Waals surface area contributed by atoms with Crippen LogP contribution in [0.2, 0.25) is 5.02 Å². The summed E-state index contributed by atoms with van der Waals surface area (Å²) in [4.78, 5) is 2.22. The monoisotopic (exact) mass is 289 g/mol. The van der Waals surface area contributed by atoms with Gasteiger partial charge in [-0.25, -0.2) is 0 Å². The number of hydrogen-bond donors (Lipinski definition) is 1. The highest BCUT2D eigenvalue weighted by molar-refractivity contribution is 6.30. The Morgan fingerprint density at radius 1 is 1.15 bits per heavy atom. The molecule has 3 heteroatoms. The van der Waals surface area contributed by atoms with E-state index >= 15 is 0 Å². The molecule has 20 heavy (non-hydrogen) atoms. The van der Waals surface area contributed by atoms with Gasteiger partial charge in [0.15, 0.2) is 0 Å². The summed E-state index contributed by atoms with van der Waals surface area (Å²) in [6, 6.07) is 15.7. The van der Waals surface area contributed by atoms with Crippen molar-refractivity contribution in [1.29, 1.82) is 0 Å². The SMILES string of the molecule is CC(c1cc(Cl)ccc1O)N(C)CCc1ccccc1. The molecule has 0 amide bonds. The minimum absolute atomic E-state index is 0.123. The molecule has 0 saturated carbocycles. The number of aromatic hydroxyl groups is 1. The van der Waals surface area contributed by atoms with Crippen LogP contribution in [0.5, 0.6) is 5.75 Å². The number of likely N-dealkylation sites (N-methyl/N-ethyl adjacent to an activating group) is 1. The summed E-state index contributed by atoms with van der Waals surface area (Å²) in [5.74, 6) is 0.300. The van der Waals surface area contributed by atoms with E-state index in [2.05, 4.69) is 43.1 Å². The zero-order valence-electron chi connectivity index (χ0n) is 11.9. The minimum Gasteiger partial charge on any atom is -0.508 e. The molecule has 0 aliphatic heterocycles. The largest absolute Gasteiger partial charge is 0.508 e. The Kier molecular flexibility index (Phi) is 5.05. The summed E-state index contributed by atoms with van der Waals surface area (Å²) in [5, 5.41) is 10.6. The molecule has 0 bridgehead atoms. The van der Waals surface area contributed by atoms with Crippen molar-refractivity contribution in [3.05, 3.63) is 64.7 Å². The summed E-state index contributed by atoms with van der Waals surface area (Å²) >= 11 is 6.01. The van der Waals surface area contributed by atoms with E-state index in [1.165, 1.54) is 5.56 Å². The van der Waals surface area contributed by atoms with Gasteiger partial charge in [0.05, 0.1) is 0 Å². The van der Waals surface area contributed by atoms with E-state index in [1.807, 2.05) is 12.1 Å². The molecule has 0 aliphatic carbocycles. The highest BCUT2D eigenvalue weighted by Gasteiger charge is 2.15. The molecule has 0 aromatic heterocycles. The summed E-state index contributed by atoms with van der Waals surface area (Å²) < 4.78 is 0. The zero-order valence-corrected chi connectivity index (χ0v) is 12.6. The van der Waals surface area contributed by atoms with Gasteiger partial charge in [-0.15, -0.1) is 0 Å². The van der Waals surface area contributed by atoms with Gasteiger partial charge in [0, 0.05) is 23.2 Å². The lowest BCUT2D eigenvalue weighted by Crippen LogP contribution is -2.25. The molecular formula is C17H20ClNO. The number of phenolic OH excluding ortho intramolecular Hbond substituents is 1. The number of hydrogen-bond acceptors (Lipinski definition) is 2. The van der Waals surface area contributed by atoms with E-state index in [9.17, 15) is 5.11 Å². The molecule has 0 saturated heterocycles. The van der Waals surface area contributed by atoms with Crippen LogP contribution in [0.25, 0.3) is 0 Å². The standard InChI is InChI=1S/C17H20ClNO/c1-13(16-12-15(18)8-9-17(16)20)19(2)11-10-14-6-4-3-5-7-14/h3-9,12-13,20H,10-11H2,1-2H3. The first-order chi connectivity index (χ1) is 9.58. The van der Waals surface area contributed by atoms with Crippen LogP contribution in [0.4, 0.5) is 0 Å². The van der Waals surface area contributed by atoms with Crippen molar-refractivity contribution >= 4 is 11.6 Å². The van der Waals surface area contributed by atoms with Crippen molar-refractivity contribution < 1.29 is 5.11 Å². The van der Waals surface area contributed by atoms with Crippen LogP contribution >= 0.6 is 11.6 Å². The number of benzene rings is 2. The fourth-order valence-electron chi connectivity index (χ4n) is 2.24. The first kappa shape index (κ1) is 14.9. The Morgan fingerprint density at radius 3 is 2.55 bits per heavy atom. The van der Waals surface area contributed by atoms with Gasteiger partial charge in [0.2, 0.25) is 0 Å². The maximum atomic E-state index is 9.95. The normalized spacial score (nSPS) is 12.6. The third kappa shape index (κ3) is 3.75. The Bertz CT molecular complexity index is 556. The Hall–Kier alpha value is -1.51. The van der Waals surface area contributed by atoms with Crippen LogP contribution in [0.1, 0.15) is 24.1 Å². The predicted octanol–water partition coefficient (Wildman–Crippen LogP) is 4.28. The predicted molar refractivity (Wildman–Crippen MR) is 84.3 cm³/mol. The summed E-state index contributed by atoms with van der Waals surface area (Å²) in [5.41, 5.74) is 2.19. The quantitative estimate of drug-likeness (QED) is 0.888. The second kappa shape index (κ2) is 6.78. The van der Waals surface area contributed by atoms with Gasteiger partial charge in [0.25, 0.3) is 0 Å². The summed E-state index contributed by atoms with van der Waals surface area (Å²) in [7, 11) is 2.06. The molecule has 0 spiro atoms. The molecule has 0 fully saturated rings. The van der Waals surface area contributed by atoms with Crippen LogP contribution in [-0.2, 0) is 6.42 Å². The van der Waals surface area contributed by atoms with E-state index < -0.39 is 0 Å². The van der Waals surface area contributed by atoms with Crippen LogP contribution in [0, 0.1) is 0 Å². The van der Waals surface area contributed by atoms with Crippen LogP contribution in [0.15, 0.2) is 48.5 Å². The molecule has 0 radical (unpaired) electrons. The third-order valence-electron chi connectivity index (χ3n) is 3.70. The van der Waals surface area contributed by atoms with Crippen LogP contribution < -0.4 is 0 Å². The summed E-state index contributed by atoms with van der Waals surface area (Å²) in [6.45, 7) is 3.01. The lowest BCUT2D eigenvalue weighted by atomic mass is 10.1. The average Bonchev–Trinajstić information content (AvgIpc) is 2.47. The van der Waals surface area contributed by atoms with Gasteiger partial charge in [-0.3, -0.25) is 4.90 Å². The number of rotatable bonds is 5. The van der Waals surface area contributed by atoms with E-state index in [0.29, 0.717) is 10.8 Å². The minimum atomic E-state index is 0.123. The molecule has 1 unspecified atom stereocenters.